The van der Waals surface area contributed by atoms with Crippen molar-refractivity contribution in [3.63, 3.8) is 0 Å². The lowest BCUT2D eigenvalue weighted by molar-refractivity contribution is -0.387. The number of hydrogen-bond acceptors (Lipinski definition) is 5. The quantitative estimate of drug-likeness (QED) is 0.649. The van der Waals surface area contributed by atoms with Crippen LogP contribution in [0.5, 0.6) is 0 Å². The number of aliphatic hydroxyl groups is 1. The van der Waals surface area contributed by atoms with Crippen molar-refractivity contribution in [3.05, 3.63) is 33.9 Å². The van der Waals surface area contributed by atoms with Crippen molar-refractivity contribution in [1.82, 2.24) is 4.31 Å². The molecule has 7 nitrogen and oxygen atoms in total. The first-order valence-corrected chi connectivity index (χ1v) is 7.20. The van der Waals surface area contributed by atoms with Crippen LogP contribution in [0.3, 0.4) is 0 Å². The van der Waals surface area contributed by atoms with E-state index in [9.17, 15) is 23.6 Å². The summed E-state index contributed by atoms with van der Waals surface area (Å²) in [6, 6.07) is 4.14. The second kappa shape index (κ2) is 4.87. The fourth-order valence-corrected chi connectivity index (χ4v) is 4.03. The highest BCUT2D eigenvalue weighted by Gasteiger charge is 2.36. The molecule has 0 aliphatic carbocycles. The van der Waals surface area contributed by atoms with Crippen LogP contribution >= 0.6 is 0 Å². The Bertz CT molecular complexity index is 614. The van der Waals surface area contributed by atoms with Gasteiger partial charge in [-0.3, -0.25) is 10.1 Å². The molecule has 1 aromatic rings. The van der Waals surface area contributed by atoms with Crippen LogP contribution in [-0.4, -0.2) is 41.9 Å². The Kier molecular flexibility index (Phi) is 3.57. The molecule has 104 valence electrons. The van der Waals surface area contributed by atoms with Gasteiger partial charge in [0.25, 0.3) is 5.69 Å². The highest BCUT2D eigenvalue weighted by atomic mass is 32.2. The molecule has 0 spiro atoms. The predicted octanol–water partition coefficient (Wildman–Crippen LogP) is 0.659. The summed E-state index contributed by atoms with van der Waals surface area (Å²) < 4.78 is 26.0. The van der Waals surface area contributed by atoms with Gasteiger partial charge in [-0.15, -0.1) is 0 Å². The summed E-state index contributed by atoms with van der Waals surface area (Å²) in [4.78, 5) is 9.99. The van der Waals surface area contributed by atoms with Crippen molar-refractivity contribution in [2.24, 2.45) is 0 Å². The zero-order chi connectivity index (χ0) is 14.2. The van der Waals surface area contributed by atoms with E-state index < -0.39 is 26.7 Å². The monoisotopic (exact) mass is 286 g/mol. The van der Waals surface area contributed by atoms with E-state index in [0.717, 1.165) is 4.31 Å². The third-order valence-electron chi connectivity index (χ3n) is 3.11. The second-order valence-electron chi connectivity index (χ2n) is 4.49. The van der Waals surface area contributed by atoms with Crippen molar-refractivity contribution < 1.29 is 18.4 Å². The lowest BCUT2D eigenvalue weighted by Crippen LogP contribution is -2.30. The molecule has 1 heterocycles. The average molecular weight is 286 g/mol. The Balaban J connectivity index is 2.55. The number of hydrogen-bond donors (Lipinski definition) is 1. The maximum Gasteiger partial charge on any atom is 0.289 e. The minimum atomic E-state index is -3.95. The van der Waals surface area contributed by atoms with Crippen molar-refractivity contribution in [1.29, 1.82) is 0 Å². The highest BCUT2D eigenvalue weighted by molar-refractivity contribution is 7.89. The molecule has 1 aliphatic rings. The van der Waals surface area contributed by atoms with Crippen molar-refractivity contribution >= 4 is 15.7 Å². The molecule has 0 unspecified atom stereocenters. The molecule has 1 N–H and O–H groups in total. The second-order valence-corrected chi connectivity index (χ2v) is 6.36. The topological polar surface area (TPSA) is 101 Å². The van der Waals surface area contributed by atoms with Crippen LogP contribution in [0, 0.1) is 17.0 Å². The van der Waals surface area contributed by atoms with E-state index in [0.29, 0.717) is 12.0 Å². The maximum absolute atomic E-state index is 12.4. The van der Waals surface area contributed by atoms with Gasteiger partial charge in [0, 0.05) is 19.2 Å². The average Bonchev–Trinajstić information content (AvgIpc) is 2.75. The van der Waals surface area contributed by atoms with Crippen molar-refractivity contribution in [2.75, 3.05) is 13.1 Å². The summed E-state index contributed by atoms with van der Waals surface area (Å²) in [6.45, 7) is 1.68. The number of β-amino-alcohol motifs (C(OH)–C–C–N with tert-alkyl or cyclic N) is 1. The molecule has 8 heteroatoms. The highest BCUT2D eigenvalue weighted by Crippen LogP contribution is 2.31. The van der Waals surface area contributed by atoms with E-state index in [2.05, 4.69) is 0 Å². The van der Waals surface area contributed by atoms with Gasteiger partial charge in [0.1, 0.15) is 0 Å². The smallest absolute Gasteiger partial charge is 0.289 e. The molecule has 0 bridgehead atoms. The van der Waals surface area contributed by atoms with Gasteiger partial charge in [-0.05, 0) is 18.9 Å². The Morgan fingerprint density at radius 2 is 2.16 bits per heavy atom. The summed E-state index contributed by atoms with van der Waals surface area (Å²) in [7, 11) is -3.95. The van der Waals surface area contributed by atoms with Gasteiger partial charge in [-0.25, -0.2) is 8.42 Å². The van der Waals surface area contributed by atoms with Gasteiger partial charge in [-0.2, -0.15) is 4.31 Å². The predicted molar refractivity (Wildman–Crippen MR) is 67.2 cm³/mol. The summed E-state index contributed by atoms with van der Waals surface area (Å²) in [5.41, 5.74) is -0.100. The van der Waals surface area contributed by atoms with Crippen LogP contribution in [0.4, 0.5) is 5.69 Å². The molecule has 1 atom stereocenters. The van der Waals surface area contributed by atoms with Gasteiger partial charge >= 0.3 is 0 Å². The molecule has 0 saturated carbocycles. The zero-order valence-corrected chi connectivity index (χ0v) is 11.1. The first kappa shape index (κ1) is 13.9. The first-order valence-electron chi connectivity index (χ1n) is 5.76. The standard InChI is InChI=1S/C11H14N2O5S/c1-8-3-2-4-10(13(15)16)11(8)19(17,18)12-6-5-9(14)7-12/h2-4,9,14H,5-7H2,1H3/t9-/m0/s1. The molecule has 0 radical (unpaired) electrons. The lowest BCUT2D eigenvalue weighted by atomic mass is 10.2. The van der Waals surface area contributed by atoms with Gasteiger partial charge < -0.3 is 5.11 Å². The summed E-state index contributed by atoms with van der Waals surface area (Å²) in [5, 5.41) is 20.4. The number of nitrogens with zero attached hydrogens (tertiary/aromatic N) is 2. The number of nitro benzene ring substituents is 1. The van der Waals surface area contributed by atoms with E-state index >= 15 is 0 Å². The van der Waals surface area contributed by atoms with Crippen LogP contribution in [0.25, 0.3) is 0 Å². The first-order chi connectivity index (χ1) is 8.84. The van der Waals surface area contributed by atoms with Gasteiger partial charge in [0.05, 0.1) is 11.0 Å². The number of aryl methyl sites for hydroxylation is 1. The normalized spacial score (nSPS) is 20.6. The van der Waals surface area contributed by atoms with Gasteiger partial charge in [0.2, 0.25) is 10.0 Å². The summed E-state index contributed by atoms with van der Waals surface area (Å²) in [6.07, 6.45) is -0.364. The van der Waals surface area contributed by atoms with E-state index in [1.54, 1.807) is 0 Å². The number of nitro groups is 1. The third kappa shape index (κ3) is 2.46. The van der Waals surface area contributed by atoms with E-state index in [1.807, 2.05) is 0 Å². The largest absolute Gasteiger partial charge is 0.392 e. The Morgan fingerprint density at radius 1 is 1.47 bits per heavy atom. The Labute approximate surface area is 110 Å². The molecular formula is C11H14N2O5S. The molecule has 2 rings (SSSR count). The van der Waals surface area contributed by atoms with Crippen LogP contribution in [0.2, 0.25) is 0 Å². The van der Waals surface area contributed by atoms with Gasteiger partial charge in [-0.1, -0.05) is 12.1 Å². The molecule has 1 aliphatic heterocycles. The van der Waals surface area contributed by atoms with E-state index in [4.69, 9.17) is 0 Å². The molecule has 0 aromatic heterocycles. The number of benzene rings is 1. The zero-order valence-electron chi connectivity index (χ0n) is 10.3. The van der Waals surface area contributed by atoms with E-state index in [1.165, 1.54) is 25.1 Å². The van der Waals surface area contributed by atoms with E-state index in [-0.39, 0.29) is 18.0 Å². The molecule has 0 amide bonds. The third-order valence-corrected chi connectivity index (χ3v) is 5.17. The molecule has 1 aromatic carbocycles. The van der Waals surface area contributed by atoms with Gasteiger partial charge in [0.15, 0.2) is 4.90 Å². The van der Waals surface area contributed by atoms with Crippen LogP contribution in [-0.2, 0) is 10.0 Å². The lowest BCUT2D eigenvalue weighted by Gasteiger charge is -2.17. The number of aliphatic hydroxyl groups excluding tert-OH is 1. The maximum atomic E-state index is 12.4. The fourth-order valence-electron chi connectivity index (χ4n) is 2.17. The molecule has 19 heavy (non-hydrogen) atoms. The SMILES string of the molecule is Cc1cccc([N+](=O)[O-])c1S(=O)(=O)N1CC[C@H](O)C1. The van der Waals surface area contributed by atoms with Crippen LogP contribution in [0.1, 0.15) is 12.0 Å². The fraction of sp³-hybridized carbons (Fsp3) is 0.455. The Morgan fingerprint density at radius 3 is 2.68 bits per heavy atom. The van der Waals surface area contributed by atoms with Crippen molar-refractivity contribution in [2.45, 2.75) is 24.3 Å². The minimum absolute atomic E-state index is 0.0200. The number of rotatable bonds is 3. The number of sulfonamides is 1. The summed E-state index contributed by atoms with van der Waals surface area (Å²) in [5.74, 6) is 0. The van der Waals surface area contributed by atoms with Crippen LogP contribution < -0.4 is 0 Å². The van der Waals surface area contributed by atoms with Crippen molar-refractivity contribution in [3.8, 4) is 0 Å². The minimum Gasteiger partial charge on any atom is -0.392 e. The molecule has 1 fully saturated rings. The molecule has 1 saturated heterocycles. The Hall–Kier alpha value is -1.51. The molecular weight excluding hydrogens is 272 g/mol. The van der Waals surface area contributed by atoms with Crippen LogP contribution in [0.15, 0.2) is 23.1 Å². The summed E-state index contributed by atoms with van der Waals surface area (Å²) >= 11 is 0.